The average molecular weight is 240 g/mol. The fraction of sp³-hybridized carbons (Fsp3) is 0.636. The minimum atomic E-state index is -0.446. The van der Waals surface area contributed by atoms with Crippen molar-refractivity contribution in [3.05, 3.63) is 26.4 Å². The predicted molar refractivity (Wildman–Crippen MR) is 68.0 cm³/mol. The SMILES string of the molecule is CCN(CC)Cc1c(N)n(CC)c(=O)[nH]c1=O. The van der Waals surface area contributed by atoms with E-state index in [0.717, 1.165) is 13.1 Å². The molecule has 0 aliphatic carbocycles. The minimum absolute atomic E-state index is 0.271. The van der Waals surface area contributed by atoms with Gasteiger partial charge in [0.2, 0.25) is 0 Å². The predicted octanol–water partition coefficient (Wildman–Crippen LogP) is -0.0195. The third-order valence-electron chi connectivity index (χ3n) is 2.93. The highest BCUT2D eigenvalue weighted by Crippen LogP contribution is 2.07. The molecule has 0 aliphatic rings. The van der Waals surface area contributed by atoms with Crippen LogP contribution in [0.25, 0.3) is 0 Å². The number of anilines is 1. The lowest BCUT2D eigenvalue weighted by Crippen LogP contribution is -2.36. The van der Waals surface area contributed by atoms with Crippen molar-refractivity contribution in [3.63, 3.8) is 0 Å². The molecule has 17 heavy (non-hydrogen) atoms. The van der Waals surface area contributed by atoms with Crippen LogP contribution in [0.4, 0.5) is 5.82 Å². The quantitative estimate of drug-likeness (QED) is 0.757. The molecule has 0 saturated heterocycles. The molecule has 96 valence electrons. The van der Waals surface area contributed by atoms with Crippen molar-refractivity contribution >= 4 is 5.82 Å². The van der Waals surface area contributed by atoms with Gasteiger partial charge < -0.3 is 5.73 Å². The molecular weight excluding hydrogens is 220 g/mol. The number of aromatic amines is 1. The normalized spacial score (nSPS) is 11.1. The van der Waals surface area contributed by atoms with Gasteiger partial charge in [-0.3, -0.25) is 19.2 Å². The Labute approximate surface area is 100 Å². The second-order valence-electron chi connectivity index (χ2n) is 3.83. The summed E-state index contributed by atoms with van der Waals surface area (Å²) in [5.74, 6) is 0.271. The van der Waals surface area contributed by atoms with Gasteiger partial charge in [-0.2, -0.15) is 0 Å². The molecule has 0 aromatic carbocycles. The van der Waals surface area contributed by atoms with Gasteiger partial charge >= 0.3 is 5.69 Å². The van der Waals surface area contributed by atoms with Gasteiger partial charge in [-0.15, -0.1) is 0 Å². The lowest BCUT2D eigenvalue weighted by molar-refractivity contribution is 0.294. The monoisotopic (exact) mass is 240 g/mol. The van der Waals surface area contributed by atoms with E-state index in [-0.39, 0.29) is 11.4 Å². The molecule has 0 fully saturated rings. The van der Waals surface area contributed by atoms with E-state index in [4.69, 9.17) is 5.73 Å². The third kappa shape index (κ3) is 2.76. The van der Waals surface area contributed by atoms with Crippen LogP contribution in [0.2, 0.25) is 0 Å². The number of rotatable bonds is 5. The summed E-state index contributed by atoms with van der Waals surface area (Å²) in [6.45, 7) is 8.44. The number of nitrogen functional groups attached to an aromatic ring is 1. The molecule has 0 amide bonds. The topological polar surface area (TPSA) is 84.1 Å². The summed E-state index contributed by atoms with van der Waals surface area (Å²) in [5, 5.41) is 0. The van der Waals surface area contributed by atoms with Crippen LogP contribution < -0.4 is 17.0 Å². The number of nitrogens with two attached hydrogens (primary N) is 1. The third-order valence-corrected chi connectivity index (χ3v) is 2.93. The Hall–Kier alpha value is -1.56. The number of H-pyrrole nitrogens is 1. The van der Waals surface area contributed by atoms with Crippen molar-refractivity contribution in [2.75, 3.05) is 18.8 Å². The highest BCUT2D eigenvalue weighted by atomic mass is 16.2. The Morgan fingerprint density at radius 2 is 1.82 bits per heavy atom. The Morgan fingerprint density at radius 3 is 2.29 bits per heavy atom. The summed E-state index contributed by atoms with van der Waals surface area (Å²) in [5.41, 5.74) is 5.51. The minimum Gasteiger partial charge on any atom is -0.385 e. The van der Waals surface area contributed by atoms with Crippen molar-refractivity contribution in [2.24, 2.45) is 0 Å². The molecule has 1 rings (SSSR count). The zero-order valence-electron chi connectivity index (χ0n) is 10.6. The Kier molecular flexibility index (Phi) is 4.51. The maximum atomic E-state index is 11.7. The van der Waals surface area contributed by atoms with E-state index in [1.807, 2.05) is 20.8 Å². The molecular formula is C11H20N4O2. The lowest BCUT2D eigenvalue weighted by atomic mass is 10.2. The molecule has 0 spiro atoms. The van der Waals surface area contributed by atoms with E-state index in [1.54, 1.807) is 0 Å². The van der Waals surface area contributed by atoms with E-state index < -0.39 is 5.69 Å². The van der Waals surface area contributed by atoms with Crippen molar-refractivity contribution in [2.45, 2.75) is 33.9 Å². The second kappa shape index (κ2) is 5.67. The number of hydrogen-bond acceptors (Lipinski definition) is 4. The molecule has 3 N–H and O–H groups in total. The van der Waals surface area contributed by atoms with Crippen LogP contribution in [0.1, 0.15) is 26.3 Å². The van der Waals surface area contributed by atoms with Gasteiger partial charge in [0, 0.05) is 13.1 Å². The molecule has 0 bridgehead atoms. The van der Waals surface area contributed by atoms with E-state index >= 15 is 0 Å². The summed E-state index contributed by atoms with van der Waals surface area (Å²) < 4.78 is 1.38. The van der Waals surface area contributed by atoms with Crippen molar-refractivity contribution in [3.8, 4) is 0 Å². The van der Waals surface area contributed by atoms with Gasteiger partial charge in [-0.25, -0.2) is 4.79 Å². The molecule has 0 radical (unpaired) electrons. The molecule has 0 unspecified atom stereocenters. The molecule has 6 nitrogen and oxygen atoms in total. The van der Waals surface area contributed by atoms with Crippen LogP contribution in [0.5, 0.6) is 0 Å². The number of nitrogens with zero attached hydrogens (tertiary/aromatic N) is 2. The maximum Gasteiger partial charge on any atom is 0.329 e. The molecule has 0 saturated carbocycles. The zero-order valence-corrected chi connectivity index (χ0v) is 10.6. The molecule has 1 aromatic heterocycles. The summed E-state index contributed by atoms with van der Waals surface area (Å²) in [6.07, 6.45) is 0. The first kappa shape index (κ1) is 13.5. The zero-order chi connectivity index (χ0) is 13.0. The summed E-state index contributed by atoms with van der Waals surface area (Å²) in [4.78, 5) is 27.6. The van der Waals surface area contributed by atoms with Gasteiger partial charge in [0.05, 0.1) is 5.56 Å². The fourth-order valence-electron chi connectivity index (χ4n) is 1.77. The van der Waals surface area contributed by atoms with Crippen LogP contribution in [0, 0.1) is 0 Å². The number of hydrogen-bond donors (Lipinski definition) is 2. The molecule has 1 heterocycles. The van der Waals surface area contributed by atoms with Crippen LogP contribution in [0.15, 0.2) is 9.59 Å². The van der Waals surface area contributed by atoms with Gasteiger partial charge in [-0.1, -0.05) is 13.8 Å². The van der Waals surface area contributed by atoms with Crippen LogP contribution >= 0.6 is 0 Å². The van der Waals surface area contributed by atoms with Gasteiger partial charge in [0.15, 0.2) is 0 Å². The molecule has 0 atom stereocenters. The average Bonchev–Trinajstić information content (AvgIpc) is 2.29. The molecule has 6 heteroatoms. The highest BCUT2D eigenvalue weighted by molar-refractivity contribution is 5.38. The van der Waals surface area contributed by atoms with E-state index in [1.165, 1.54) is 4.57 Å². The molecule has 1 aromatic rings. The largest absolute Gasteiger partial charge is 0.385 e. The summed E-state index contributed by atoms with van der Waals surface area (Å²) in [6, 6.07) is 0. The van der Waals surface area contributed by atoms with E-state index in [9.17, 15) is 9.59 Å². The highest BCUT2D eigenvalue weighted by Gasteiger charge is 2.13. The van der Waals surface area contributed by atoms with Crippen molar-refractivity contribution in [1.82, 2.24) is 14.5 Å². The molecule has 0 aliphatic heterocycles. The van der Waals surface area contributed by atoms with E-state index in [0.29, 0.717) is 18.7 Å². The summed E-state index contributed by atoms with van der Waals surface area (Å²) in [7, 11) is 0. The van der Waals surface area contributed by atoms with Crippen molar-refractivity contribution in [1.29, 1.82) is 0 Å². The lowest BCUT2D eigenvalue weighted by Gasteiger charge is -2.19. The van der Waals surface area contributed by atoms with Gasteiger partial charge in [-0.05, 0) is 20.0 Å². The Morgan fingerprint density at radius 1 is 1.24 bits per heavy atom. The van der Waals surface area contributed by atoms with Crippen LogP contribution in [0.3, 0.4) is 0 Å². The Bertz CT molecular complexity index is 485. The number of aromatic nitrogens is 2. The first-order valence-electron chi connectivity index (χ1n) is 5.88. The number of nitrogens with one attached hydrogen (secondary N) is 1. The summed E-state index contributed by atoms with van der Waals surface area (Å²) >= 11 is 0. The first-order valence-corrected chi connectivity index (χ1v) is 5.88. The van der Waals surface area contributed by atoms with Crippen LogP contribution in [-0.2, 0) is 13.1 Å². The second-order valence-corrected chi connectivity index (χ2v) is 3.83. The van der Waals surface area contributed by atoms with Crippen LogP contribution in [-0.4, -0.2) is 27.5 Å². The fourth-order valence-corrected chi connectivity index (χ4v) is 1.77. The van der Waals surface area contributed by atoms with Gasteiger partial charge in [0.1, 0.15) is 5.82 Å². The van der Waals surface area contributed by atoms with E-state index in [2.05, 4.69) is 9.88 Å². The first-order chi connectivity index (χ1) is 8.04. The van der Waals surface area contributed by atoms with Crippen molar-refractivity contribution < 1.29 is 0 Å². The smallest absolute Gasteiger partial charge is 0.329 e. The Balaban J connectivity index is 3.24. The standard InChI is InChI=1S/C11H20N4O2/c1-4-14(5-2)7-8-9(12)15(6-3)11(17)13-10(8)16/h4-7,12H2,1-3H3,(H,13,16,17). The van der Waals surface area contributed by atoms with Gasteiger partial charge in [0.25, 0.3) is 5.56 Å². The maximum absolute atomic E-state index is 11.7.